The van der Waals surface area contributed by atoms with Crippen molar-refractivity contribution < 1.29 is 8.42 Å². The summed E-state index contributed by atoms with van der Waals surface area (Å²) in [6.45, 7) is 4.57. The van der Waals surface area contributed by atoms with Crippen molar-refractivity contribution in [1.82, 2.24) is 9.62 Å². The summed E-state index contributed by atoms with van der Waals surface area (Å²) in [6, 6.07) is 4.79. The second-order valence-corrected chi connectivity index (χ2v) is 9.07. The van der Waals surface area contributed by atoms with Crippen LogP contribution in [0.5, 0.6) is 0 Å². The Hall–Kier alpha value is -0.140. The highest BCUT2D eigenvalue weighted by Crippen LogP contribution is 2.31. The van der Waals surface area contributed by atoms with Crippen molar-refractivity contribution in [2.24, 2.45) is 5.41 Å². The van der Waals surface area contributed by atoms with Gasteiger partial charge in [-0.3, -0.25) is 0 Å². The first kappa shape index (κ1) is 17.2. The van der Waals surface area contributed by atoms with Gasteiger partial charge in [0.05, 0.1) is 5.02 Å². The summed E-state index contributed by atoms with van der Waals surface area (Å²) in [5.74, 6) is 0. The maximum absolute atomic E-state index is 12.4. The van der Waals surface area contributed by atoms with E-state index < -0.39 is 10.0 Å². The highest BCUT2D eigenvalue weighted by atomic mass is 79.9. The normalized spacial score (nSPS) is 19.6. The Labute approximate surface area is 140 Å². The molecule has 1 fully saturated rings. The van der Waals surface area contributed by atoms with E-state index in [4.69, 9.17) is 11.6 Å². The minimum Gasteiger partial charge on any atom is -0.306 e. The molecule has 0 unspecified atom stereocenters. The molecule has 7 heteroatoms. The second kappa shape index (κ2) is 6.54. The Morgan fingerprint density at radius 2 is 2.00 bits per heavy atom. The third-order valence-corrected chi connectivity index (χ3v) is 6.44. The molecule has 0 aliphatic carbocycles. The Kier molecular flexibility index (Phi) is 5.36. The summed E-state index contributed by atoms with van der Waals surface area (Å²) in [5.41, 5.74) is 0.00141. The first-order chi connectivity index (χ1) is 9.72. The predicted octanol–water partition coefficient (Wildman–Crippen LogP) is 3.11. The first-order valence-electron chi connectivity index (χ1n) is 6.85. The van der Waals surface area contributed by atoms with Crippen LogP contribution in [0.4, 0.5) is 0 Å². The van der Waals surface area contributed by atoms with Gasteiger partial charge in [0.2, 0.25) is 10.0 Å². The number of benzene rings is 1. The first-order valence-corrected chi connectivity index (χ1v) is 9.51. The number of halogens is 2. The van der Waals surface area contributed by atoms with E-state index in [1.165, 1.54) is 6.07 Å². The fourth-order valence-electron chi connectivity index (χ4n) is 2.38. The molecule has 1 aliphatic heterocycles. The molecule has 1 N–H and O–H groups in total. The number of rotatable bonds is 4. The lowest BCUT2D eigenvalue weighted by Gasteiger charge is -2.37. The van der Waals surface area contributed by atoms with Crippen LogP contribution in [0.2, 0.25) is 5.02 Å². The van der Waals surface area contributed by atoms with E-state index in [9.17, 15) is 8.42 Å². The molecule has 0 aromatic heterocycles. The molecule has 1 heterocycles. The minimum absolute atomic E-state index is 0.00141. The van der Waals surface area contributed by atoms with Gasteiger partial charge in [-0.15, -0.1) is 0 Å². The maximum Gasteiger partial charge on any atom is 0.242 e. The van der Waals surface area contributed by atoms with Gasteiger partial charge >= 0.3 is 0 Å². The summed E-state index contributed by atoms with van der Waals surface area (Å²) >= 11 is 9.31. The highest BCUT2D eigenvalue weighted by Gasteiger charge is 2.30. The van der Waals surface area contributed by atoms with Gasteiger partial charge in [-0.2, -0.15) is 0 Å². The van der Waals surface area contributed by atoms with Gasteiger partial charge in [0.15, 0.2) is 0 Å². The number of piperidine rings is 1. The van der Waals surface area contributed by atoms with Crippen LogP contribution in [-0.2, 0) is 10.0 Å². The van der Waals surface area contributed by atoms with Crippen LogP contribution in [0.25, 0.3) is 0 Å². The Morgan fingerprint density at radius 3 is 2.57 bits per heavy atom. The van der Waals surface area contributed by atoms with Gasteiger partial charge < -0.3 is 4.90 Å². The van der Waals surface area contributed by atoms with Gasteiger partial charge in [0.25, 0.3) is 0 Å². The monoisotopic (exact) mass is 394 g/mol. The maximum atomic E-state index is 12.4. The molecule has 4 nitrogen and oxygen atoms in total. The van der Waals surface area contributed by atoms with Crippen LogP contribution in [0.3, 0.4) is 0 Å². The smallest absolute Gasteiger partial charge is 0.242 e. The Morgan fingerprint density at radius 1 is 1.38 bits per heavy atom. The quantitative estimate of drug-likeness (QED) is 0.852. The van der Waals surface area contributed by atoms with Crippen molar-refractivity contribution in [2.45, 2.75) is 24.7 Å². The van der Waals surface area contributed by atoms with E-state index in [2.05, 4.69) is 39.5 Å². The number of nitrogens with one attached hydrogen (secondary N) is 1. The fourth-order valence-corrected chi connectivity index (χ4v) is 4.61. The van der Waals surface area contributed by atoms with Crippen LogP contribution in [0, 0.1) is 5.41 Å². The number of hydrogen-bond acceptors (Lipinski definition) is 3. The number of nitrogens with zero attached hydrogens (tertiary/aromatic N) is 1. The van der Waals surface area contributed by atoms with Crippen LogP contribution in [0.15, 0.2) is 27.6 Å². The molecular weight excluding hydrogens is 376 g/mol. The second-order valence-electron chi connectivity index (χ2n) is 6.01. The molecule has 0 spiro atoms. The summed E-state index contributed by atoms with van der Waals surface area (Å²) in [4.78, 5) is 2.39. The lowest BCUT2D eigenvalue weighted by Crippen LogP contribution is -2.43. The summed E-state index contributed by atoms with van der Waals surface area (Å²) in [7, 11) is -1.49. The van der Waals surface area contributed by atoms with Crippen molar-refractivity contribution in [3.63, 3.8) is 0 Å². The third-order valence-electron chi connectivity index (χ3n) is 4.07. The predicted molar refractivity (Wildman–Crippen MR) is 89.2 cm³/mol. The van der Waals surface area contributed by atoms with E-state index in [-0.39, 0.29) is 15.3 Å². The van der Waals surface area contributed by atoms with Gasteiger partial charge in [-0.1, -0.05) is 34.5 Å². The molecular formula is C14H20BrClN2O2S. The van der Waals surface area contributed by atoms with Gasteiger partial charge in [0.1, 0.15) is 4.90 Å². The zero-order valence-corrected chi connectivity index (χ0v) is 15.4. The van der Waals surface area contributed by atoms with E-state index in [0.29, 0.717) is 6.54 Å². The largest absolute Gasteiger partial charge is 0.306 e. The molecule has 0 bridgehead atoms. The van der Waals surface area contributed by atoms with E-state index in [0.717, 1.165) is 30.4 Å². The van der Waals surface area contributed by atoms with Gasteiger partial charge in [0, 0.05) is 11.0 Å². The van der Waals surface area contributed by atoms with E-state index in [1.54, 1.807) is 12.1 Å². The van der Waals surface area contributed by atoms with Crippen LogP contribution < -0.4 is 4.72 Å². The standard InChI is InChI=1S/C14H20BrClN2O2S/c1-14(5-7-18(2)8-6-14)10-17-21(19,20)13-4-3-11(15)9-12(13)16/h3-4,9,17H,5-8,10H2,1-2H3. The molecule has 0 radical (unpaired) electrons. The lowest BCUT2D eigenvalue weighted by molar-refractivity contribution is 0.143. The fraction of sp³-hybridized carbons (Fsp3) is 0.571. The number of sulfonamides is 1. The summed E-state index contributed by atoms with van der Waals surface area (Å²) in [5, 5.41) is 0.227. The highest BCUT2D eigenvalue weighted by molar-refractivity contribution is 9.10. The van der Waals surface area contributed by atoms with Gasteiger partial charge in [-0.05, 0) is 56.6 Å². The molecule has 1 aliphatic rings. The van der Waals surface area contributed by atoms with Crippen LogP contribution >= 0.6 is 27.5 Å². The van der Waals surface area contributed by atoms with Crippen molar-refractivity contribution >= 4 is 37.6 Å². The minimum atomic E-state index is -3.58. The summed E-state index contributed by atoms with van der Waals surface area (Å²) in [6.07, 6.45) is 1.97. The molecule has 2 rings (SSSR count). The molecule has 0 saturated carbocycles. The third kappa shape index (κ3) is 4.42. The van der Waals surface area contributed by atoms with Crippen LogP contribution in [-0.4, -0.2) is 40.0 Å². The van der Waals surface area contributed by atoms with E-state index >= 15 is 0 Å². The molecule has 0 atom stereocenters. The molecule has 1 saturated heterocycles. The molecule has 0 amide bonds. The van der Waals surface area contributed by atoms with Crippen molar-refractivity contribution in [3.8, 4) is 0 Å². The van der Waals surface area contributed by atoms with E-state index in [1.807, 2.05) is 0 Å². The molecule has 118 valence electrons. The zero-order chi connectivity index (χ0) is 15.7. The van der Waals surface area contributed by atoms with Crippen molar-refractivity contribution in [1.29, 1.82) is 0 Å². The molecule has 21 heavy (non-hydrogen) atoms. The van der Waals surface area contributed by atoms with Gasteiger partial charge in [-0.25, -0.2) is 13.1 Å². The SMILES string of the molecule is CN1CCC(C)(CNS(=O)(=O)c2ccc(Br)cc2Cl)CC1. The zero-order valence-electron chi connectivity index (χ0n) is 12.2. The Balaban J connectivity index is 2.08. The lowest BCUT2D eigenvalue weighted by atomic mass is 9.81. The van der Waals surface area contributed by atoms with Crippen LogP contribution in [0.1, 0.15) is 19.8 Å². The topological polar surface area (TPSA) is 49.4 Å². The average Bonchev–Trinajstić information content (AvgIpc) is 2.40. The average molecular weight is 396 g/mol. The summed E-state index contributed by atoms with van der Waals surface area (Å²) < 4.78 is 28.3. The molecule has 1 aromatic rings. The van der Waals surface area contributed by atoms with Crippen molar-refractivity contribution in [2.75, 3.05) is 26.7 Å². The number of hydrogen-bond donors (Lipinski definition) is 1. The Bertz CT molecular complexity index is 613. The number of likely N-dealkylation sites (tertiary alicyclic amines) is 1. The molecule has 1 aromatic carbocycles. The van der Waals surface area contributed by atoms with Crippen molar-refractivity contribution in [3.05, 3.63) is 27.7 Å².